The molecule has 5 nitrogen and oxygen atoms in total. The van der Waals surface area contributed by atoms with Crippen LogP contribution in [0.3, 0.4) is 0 Å². The minimum atomic E-state index is -0.415. The Bertz CT molecular complexity index is 1130. The molecule has 4 rings (SSSR count). The van der Waals surface area contributed by atoms with E-state index in [1.54, 1.807) is 30.3 Å². The smallest absolute Gasteiger partial charge is 0.337 e. The molecule has 2 N–H and O–H groups in total. The van der Waals surface area contributed by atoms with Gasteiger partial charge in [0.05, 0.1) is 18.4 Å². The van der Waals surface area contributed by atoms with Crippen LogP contribution in [0.25, 0.3) is 22.5 Å². The molecule has 0 fully saturated rings. The molecule has 0 unspecified atom stereocenters. The molecule has 0 atom stereocenters. The van der Waals surface area contributed by atoms with Gasteiger partial charge in [0.15, 0.2) is 0 Å². The summed E-state index contributed by atoms with van der Waals surface area (Å²) in [6.07, 6.45) is 1.82. The van der Waals surface area contributed by atoms with Gasteiger partial charge in [0.2, 0.25) is 5.78 Å². The third-order valence-electron chi connectivity index (χ3n) is 4.54. The molecule has 0 amide bonds. The lowest BCUT2D eigenvalue weighted by Crippen LogP contribution is -2.02. The number of hydrogen-bond donors (Lipinski definition) is 2. The summed E-state index contributed by atoms with van der Waals surface area (Å²) in [5.74, 6) is -0.498. The van der Waals surface area contributed by atoms with Gasteiger partial charge in [-0.2, -0.15) is 0 Å². The van der Waals surface area contributed by atoms with E-state index in [2.05, 4.69) is 9.97 Å². The number of benzene rings is 2. The van der Waals surface area contributed by atoms with Gasteiger partial charge in [-0.1, -0.05) is 30.3 Å². The monoisotopic (exact) mass is 370 g/mol. The van der Waals surface area contributed by atoms with E-state index in [9.17, 15) is 9.59 Å². The maximum absolute atomic E-state index is 12.7. The summed E-state index contributed by atoms with van der Waals surface area (Å²) in [6.45, 7) is 0. The predicted molar refractivity (Wildman–Crippen MR) is 107 cm³/mol. The number of ether oxygens (including phenoxy) is 1. The number of methoxy groups -OCH3 is 1. The second-order valence-electron chi connectivity index (χ2n) is 6.36. The summed E-state index contributed by atoms with van der Waals surface area (Å²) in [7, 11) is 1.36. The first-order valence-corrected chi connectivity index (χ1v) is 8.82. The molecule has 2 aromatic heterocycles. The van der Waals surface area contributed by atoms with Gasteiger partial charge in [-0.05, 0) is 53.6 Å². The molecular formula is C23H18N2O3. The van der Waals surface area contributed by atoms with Crippen LogP contribution >= 0.6 is 0 Å². The minimum absolute atomic E-state index is 0.0828. The average molecular weight is 370 g/mol. The van der Waals surface area contributed by atoms with Gasteiger partial charge in [-0.3, -0.25) is 4.79 Å². The molecule has 5 heteroatoms. The van der Waals surface area contributed by atoms with Crippen LogP contribution in [0.5, 0.6) is 0 Å². The Kier molecular flexibility index (Phi) is 4.64. The topological polar surface area (TPSA) is 75.0 Å². The molecule has 0 saturated heterocycles. The number of aromatic amines is 2. The van der Waals surface area contributed by atoms with Crippen LogP contribution in [0.4, 0.5) is 0 Å². The minimum Gasteiger partial charge on any atom is -0.465 e. The van der Waals surface area contributed by atoms with Gasteiger partial charge in [-0.25, -0.2) is 4.79 Å². The second kappa shape index (κ2) is 7.40. The second-order valence-corrected chi connectivity index (χ2v) is 6.36. The van der Waals surface area contributed by atoms with Gasteiger partial charge in [0.1, 0.15) is 0 Å². The summed E-state index contributed by atoms with van der Waals surface area (Å²) in [5.41, 5.74) is 4.83. The molecule has 4 aromatic rings. The number of nitrogens with one attached hydrogen (secondary N) is 2. The number of H-pyrrole nitrogens is 2. The number of rotatable bonds is 5. The molecule has 0 aliphatic rings. The highest BCUT2D eigenvalue weighted by Crippen LogP contribution is 2.28. The number of carbonyl (C=O) groups is 2. The molecule has 138 valence electrons. The van der Waals surface area contributed by atoms with Gasteiger partial charge < -0.3 is 14.7 Å². The van der Waals surface area contributed by atoms with Gasteiger partial charge in [0, 0.05) is 23.1 Å². The van der Waals surface area contributed by atoms with E-state index in [4.69, 9.17) is 4.74 Å². The van der Waals surface area contributed by atoms with E-state index in [0.29, 0.717) is 16.8 Å². The van der Waals surface area contributed by atoms with Crippen molar-refractivity contribution in [3.05, 3.63) is 95.8 Å². The molecular weight excluding hydrogens is 352 g/mol. The van der Waals surface area contributed by atoms with Crippen molar-refractivity contribution < 1.29 is 14.3 Å². The van der Waals surface area contributed by atoms with Crippen LogP contribution < -0.4 is 0 Å². The third kappa shape index (κ3) is 3.38. The Morgan fingerprint density at radius 1 is 0.786 bits per heavy atom. The zero-order valence-electron chi connectivity index (χ0n) is 15.2. The van der Waals surface area contributed by atoms with Crippen molar-refractivity contribution in [2.24, 2.45) is 0 Å². The van der Waals surface area contributed by atoms with Crippen molar-refractivity contribution in [1.82, 2.24) is 9.97 Å². The Hall–Kier alpha value is -3.86. The normalized spacial score (nSPS) is 10.6. The predicted octanol–water partition coefficient (Wildman–Crippen LogP) is 4.69. The van der Waals surface area contributed by atoms with Crippen molar-refractivity contribution in [1.29, 1.82) is 0 Å². The van der Waals surface area contributed by atoms with Crippen molar-refractivity contribution in [3.8, 4) is 22.5 Å². The van der Waals surface area contributed by atoms with Crippen LogP contribution in [0.1, 0.15) is 26.4 Å². The Balaban J connectivity index is 1.75. The molecule has 0 radical (unpaired) electrons. The molecule has 2 aromatic carbocycles. The quantitative estimate of drug-likeness (QED) is 0.395. The molecule has 0 bridgehead atoms. The number of esters is 1. The summed E-state index contributed by atoms with van der Waals surface area (Å²) in [4.78, 5) is 31.1. The van der Waals surface area contributed by atoms with Crippen LogP contribution in [-0.4, -0.2) is 28.8 Å². The first kappa shape index (κ1) is 17.5. The number of ketones is 1. The van der Waals surface area contributed by atoms with Crippen LogP contribution in [-0.2, 0) is 4.74 Å². The van der Waals surface area contributed by atoms with Gasteiger partial charge in [-0.15, -0.1) is 0 Å². The first-order valence-electron chi connectivity index (χ1n) is 8.82. The fourth-order valence-corrected chi connectivity index (χ4v) is 3.13. The van der Waals surface area contributed by atoms with E-state index in [0.717, 1.165) is 22.5 Å². The maximum Gasteiger partial charge on any atom is 0.337 e. The molecule has 0 spiro atoms. The summed E-state index contributed by atoms with van der Waals surface area (Å²) in [6, 6.07) is 22.0. The SMILES string of the molecule is COC(=O)c1cc(-c2ccc[nH]2)cc(-c2ccc(C(=O)c3ccccc3)[nH]2)c1. The molecule has 28 heavy (non-hydrogen) atoms. The first-order chi connectivity index (χ1) is 13.7. The summed E-state index contributed by atoms with van der Waals surface area (Å²) in [5, 5.41) is 0. The highest BCUT2D eigenvalue weighted by molar-refractivity contribution is 6.08. The van der Waals surface area contributed by atoms with Crippen molar-refractivity contribution in [2.45, 2.75) is 0 Å². The van der Waals surface area contributed by atoms with E-state index in [1.165, 1.54) is 7.11 Å². The lowest BCUT2D eigenvalue weighted by atomic mass is 10.0. The van der Waals surface area contributed by atoms with Gasteiger partial charge in [0.25, 0.3) is 0 Å². The number of aromatic nitrogens is 2. The fraction of sp³-hybridized carbons (Fsp3) is 0.0435. The zero-order valence-corrected chi connectivity index (χ0v) is 15.2. The highest BCUT2D eigenvalue weighted by Gasteiger charge is 2.15. The zero-order chi connectivity index (χ0) is 19.5. The Morgan fingerprint density at radius 3 is 2.21 bits per heavy atom. The summed E-state index contributed by atoms with van der Waals surface area (Å²) >= 11 is 0. The largest absolute Gasteiger partial charge is 0.465 e. The van der Waals surface area contributed by atoms with E-state index >= 15 is 0 Å². The van der Waals surface area contributed by atoms with Gasteiger partial charge >= 0.3 is 5.97 Å². The highest BCUT2D eigenvalue weighted by atomic mass is 16.5. The fourth-order valence-electron chi connectivity index (χ4n) is 3.13. The van der Waals surface area contributed by atoms with Crippen LogP contribution in [0, 0.1) is 0 Å². The lowest BCUT2D eigenvalue weighted by Gasteiger charge is -2.07. The molecule has 0 aliphatic heterocycles. The maximum atomic E-state index is 12.7. The van der Waals surface area contributed by atoms with Crippen LogP contribution in [0.2, 0.25) is 0 Å². The third-order valence-corrected chi connectivity index (χ3v) is 4.54. The average Bonchev–Trinajstić information content (AvgIpc) is 3.45. The van der Waals surface area contributed by atoms with E-state index in [1.807, 2.05) is 48.7 Å². The molecule has 0 aliphatic carbocycles. The van der Waals surface area contributed by atoms with E-state index in [-0.39, 0.29) is 5.78 Å². The lowest BCUT2D eigenvalue weighted by molar-refractivity contribution is 0.0600. The number of carbonyl (C=O) groups excluding carboxylic acids is 2. The van der Waals surface area contributed by atoms with Crippen LogP contribution in [0.15, 0.2) is 79.0 Å². The molecule has 0 saturated carbocycles. The number of hydrogen-bond acceptors (Lipinski definition) is 3. The Morgan fingerprint density at radius 2 is 1.54 bits per heavy atom. The van der Waals surface area contributed by atoms with E-state index < -0.39 is 5.97 Å². The van der Waals surface area contributed by atoms with Crippen molar-refractivity contribution >= 4 is 11.8 Å². The van der Waals surface area contributed by atoms with Crippen molar-refractivity contribution in [2.75, 3.05) is 7.11 Å². The summed E-state index contributed by atoms with van der Waals surface area (Å²) < 4.78 is 4.89. The Labute approximate surface area is 162 Å². The standard InChI is InChI=1S/C23H18N2O3/c1-28-23(27)18-13-16(19-8-5-11-24-19)12-17(14-18)20-9-10-21(25-20)22(26)15-6-3-2-4-7-15/h2-14,24-25H,1H3. The van der Waals surface area contributed by atoms with Crippen molar-refractivity contribution in [3.63, 3.8) is 0 Å². The molecule has 2 heterocycles.